The second-order valence-corrected chi connectivity index (χ2v) is 13.4. The molecule has 1 aliphatic carbocycles. The first-order valence-corrected chi connectivity index (χ1v) is 15.8. The summed E-state index contributed by atoms with van der Waals surface area (Å²) in [5, 5.41) is 4.42. The zero-order valence-corrected chi connectivity index (χ0v) is 24.6. The average Bonchev–Trinajstić information content (AvgIpc) is 3.31. The number of carbonyl (C=O) groups is 1. The molecule has 2 amide bonds. The number of rotatable bonds is 8. The Kier molecular flexibility index (Phi) is 8.81. The second-order valence-electron chi connectivity index (χ2n) is 9.76. The van der Waals surface area contributed by atoms with E-state index in [0.717, 1.165) is 39.3 Å². The molecule has 212 valence electrons. The Balaban J connectivity index is 1.13. The maximum absolute atomic E-state index is 12.5. The predicted molar refractivity (Wildman–Crippen MR) is 161 cm³/mol. The molecule has 1 aromatic heterocycles. The van der Waals surface area contributed by atoms with Crippen molar-refractivity contribution in [3.63, 3.8) is 0 Å². The van der Waals surface area contributed by atoms with Crippen LogP contribution in [0.4, 0.5) is 9.93 Å². The van der Waals surface area contributed by atoms with Crippen molar-refractivity contribution in [2.24, 2.45) is 0 Å². The number of nitrogens with zero attached hydrogens (tertiary/aromatic N) is 3. The summed E-state index contributed by atoms with van der Waals surface area (Å²) in [4.78, 5) is 20.1. The van der Waals surface area contributed by atoms with Gasteiger partial charge in [0.05, 0.1) is 10.2 Å². The first kappa shape index (κ1) is 29.0. The molecular formula is C27H29Cl2N5O4S2. The fraction of sp³-hybridized carbons (Fsp3) is 0.333. The van der Waals surface area contributed by atoms with E-state index in [1.807, 2.05) is 6.07 Å². The van der Waals surface area contributed by atoms with Crippen molar-refractivity contribution in [2.45, 2.75) is 16.7 Å². The molecule has 2 heterocycles. The molecule has 5 rings (SSSR count). The monoisotopic (exact) mass is 621 g/mol. The first-order chi connectivity index (χ1) is 19.1. The van der Waals surface area contributed by atoms with E-state index in [2.05, 4.69) is 49.7 Å². The van der Waals surface area contributed by atoms with Gasteiger partial charge < -0.3 is 5.32 Å². The number of nitrogens with one attached hydrogen (secondary N) is 2. The molecular weight excluding hydrogens is 593 g/mol. The SMILES string of the molecule is O=C(NCCN1CCN(Cc2ccccc2)CC1)Nc1nc2ccc(C3(Cl)C=CC=C(Cl)C3S(=O)(=O)O)cc2s1. The zero-order valence-electron chi connectivity index (χ0n) is 21.5. The fourth-order valence-corrected chi connectivity index (χ4v) is 8.16. The van der Waals surface area contributed by atoms with E-state index >= 15 is 0 Å². The van der Waals surface area contributed by atoms with Crippen molar-refractivity contribution >= 4 is 66.0 Å². The van der Waals surface area contributed by atoms with Crippen molar-refractivity contribution < 1.29 is 17.8 Å². The van der Waals surface area contributed by atoms with Crippen molar-refractivity contribution in [3.05, 3.63) is 82.9 Å². The van der Waals surface area contributed by atoms with Gasteiger partial charge >= 0.3 is 6.03 Å². The number of aromatic nitrogens is 1. The van der Waals surface area contributed by atoms with E-state index in [1.54, 1.807) is 24.3 Å². The number of urea groups is 1. The molecule has 1 saturated heterocycles. The van der Waals surface area contributed by atoms with Crippen LogP contribution in [0, 0.1) is 0 Å². The molecule has 3 N–H and O–H groups in total. The average molecular weight is 623 g/mol. The van der Waals surface area contributed by atoms with Gasteiger partial charge in [0, 0.05) is 50.8 Å². The van der Waals surface area contributed by atoms with Crippen LogP contribution in [0.1, 0.15) is 11.1 Å². The largest absolute Gasteiger partial charge is 0.337 e. The summed E-state index contributed by atoms with van der Waals surface area (Å²) in [5.74, 6) is 0. The van der Waals surface area contributed by atoms with Gasteiger partial charge in [-0.1, -0.05) is 71.5 Å². The second kappa shape index (κ2) is 12.2. The van der Waals surface area contributed by atoms with Gasteiger partial charge in [-0.2, -0.15) is 8.42 Å². The Labute approximate surface area is 247 Å². The molecule has 0 radical (unpaired) electrons. The Hall–Kier alpha value is -2.51. The summed E-state index contributed by atoms with van der Waals surface area (Å²) in [7, 11) is -4.59. The third-order valence-corrected chi connectivity index (χ3v) is 10.3. The Morgan fingerprint density at radius 3 is 2.58 bits per heavy atom. The summed E-state index contributed by atoms with van der Waals surface area (Å²) in [6.45, 7) is 6.09. The fourth-order valence-electron chi connectivity index (χ4n) is 4.96. The molecule has 9 nitrogen and oxygen atoms in total. The van der Waals surface area contributed by atoms with Crippen LogP contribution in [0.25, 0.3) is 10.2 Å². The number of hydrogen-bond acceptors (Lipinski definition) is 7. The number of anilines is 1. The lowest BCUT2D eigenvalue weighted by Crippen LogP contribution is -2.48. The quantitative estimate of drug-likeness (QED) is 0.248. The number of allylic oxidation sites excluding steroid dienone is 3. The lowest BCUT2D eigenvalue weighted by molar-refractivity contribution is 0.128. The van der Waals surface area contributed by atoms with Gasteiger partial charge in [0.25, 0.3) is 10.1 Å². The maximum Gasteiger partial charge on any atom is 0.321 e. The smallest absolute Gasteiger partial charge is 0.321 e. The number of piperazine rings is 1. The van der Waals surface area contributed by atoms with Gasteiger partial charge in [-0.3, -0.25) is 19.7 Å². The van der Waals surface area contributed by atoms with Gasteiger partial charge in [0.1, 0.15) is 10.1 Å². The van der Waals surface area contributed by atoms with Crippen LogP contribution in [-0.4, -0.2) is 78.3 Å². The number of fused-ring (bicyclic) bond motifs is 1. The van der Waals surface area contributed by atoms with Crippen LogP contribution in [0.5, 0.6) is 0 Å². The molecule has 0 saturated carbocycles. The molecule has 2 aliphatic rings. The van der Waals surface area contributed by atoms with E-state index in [1.165, 1.54) is 29.1 Å². The Bertz CT molecular complexity index is 1540. The third-order valence-electron chi connectivity index (χ3n) is 7.00. The number of amides is 2. The highest BCUT2D eigenvalue weighted by Crippen LogP contribution is 2.45. The Morgan fingerprint density at radius 1 is 1.12 bits per heavy atom. The molecule has 0 bridgehead atoms. The van der Waals surface area contributed by atoms with E-state index in [9.17, 15) is 17.8 Å². The minimum Gasteiger partial charge on any atom is -0.337 e. The van der Waals surface area contributed by atoms with Crippen LogP contribution < -0.4 is 10.6 Å². The summed E-state index contributed by atoms with van der Waals surface area (Å²) < 4.78 is 34.7. The lowest BCUT2D eigenvalue weighted by atomic mass is 9.90. The van der Waals surface area contributed by atoms with Crippen molar-refractivity contribution in [3.8, 4) is 0 Å². The zero-order chi connectivity index (χ0) is 28.3. The van der Waals surface area contributed by atoms with E-state index in [0.29, 0.717) is 27.5 Å². The van der Waals surface area contributed by atoms with Gasteiger partial charge in [0.15, 0.2) is 5.13 Å². The molecule has 3 aromatic rings. The molecule has 2 atom stereocenters. The topological polar surface area (TPSA) is 115 Å². The minimum atomic E-state index is -4.59. The summed E-state index contributed by atoms with van der Waals surface area (Å²) in [6, 6.07) is 15.1. The van der Waals surface area contributed by atoms with Crippen LogP contribution in [-0.2, 0) is 21.5 Å². The lowest BCUT2D eigenvalue weighted by Gasteiger charge is -2.34. The highest BCUT2D eigenvalue weighted by molar-refractivity contribution is 7.86. The van der Waals surface area contributed by atoms with E-state index in [-0.39, 0.29) is 11.1 Å². The van der Waals surface area contributed by atoms with Crippen molar-refractivity contribution in [2.75, 3.05) is 44.6 Å². The molecule has 2 unspecified atom stereocenters. The summed E-state index contributed by atoms with van der Waals surface area (Å²) in [6.07, 6.45) is 4.42. The Morgan fingerprint density at radius 2 is 1.85 bits per heavy atom. The van der Waals surface area contributed by atoms with Gasteiger partial charge in [-0.05, 0) is 29.3 Å². The summed E-state index contributed by atoms with van der Waals surface area (Å²) in [5.41, 5.74) is 2.36. The van der Waals surface area contributed by atoms with Crippen LogP contribution in [0.2, 0.25) is 0 Å². The van der Waals surface area contributed by atoms with Crippen molar-refractivity contribution in [1.82, 2.24) is 20.1 Å². The summed E-state index contributed by atoms with van der Waals surface area (Å²) >= 11 is 14.1. The number of benzene rings is 2. The number of hydrogen-bond donors (Lipinski definition) is 3. The van der Waals surface area contributed by atoms with Gasteiger partial charge in [-0.25, -0.2) is 9.78 Å². The molecule has 1 fully saturated rings. The highest BCUT2D eigenvalue weighted by Gasteiger charge is 2.47. The van der Waals surface area contributed by atoms with Gasteiger partial charge in [-0.15, -0.1) is 11.6 Å². The van der Waals surface area contributed by atoms with Gasteiger partial charge in [0.2, 0.25) is 0 Å². The third kappa shape index (κ3) is 6.68. The molecule has 13 heteroatoms. The minimum absolute atomic E-state index is 0.0857. The van der Waals surface area contributed by atoms with E-state index in [4.69, 9.17) is 23.2 Å². The number of halogens is 2. The normalized spacial score (nSPS) is 22.3. The standard InChI is InChI=1S/C27H29Cl2N5O4S2/c28-21-7-4-10-27(29,24(21)40(36,37)38)20-8-9-22-23(17-20)39-26(31-22)32-25(35)30-11-12-33-13-15-34(16-14-33)18-19-5-2-1-3-6-19/h1-10,17,24H,11-16,18H2,(H,36,37,38)(H2,30,31,32,35). The highest BCUT2D eigenvalue weighted by atomic mass is 35.5. The molecule has 40 heavy (non-hydrogen) atoms. The van der Waals surface area contributed by atoms with Crippen LogP contribution in [0.3, 0.4) is 0 Å². The first-order valence-electron chi connectivity index (χ1n) is 12.8. The number of carbonyl (C=O) groups excluding carboxylic acids is 1. The van der Waals surface area contributed by atoms with E-state index < -0.39 is 20.2 Å². The predicted octanol–water partition coefficient (Wildman–Crippen LogP) is 4.62. The molecule has 1 aliphatic heterocycles. The molecule has 0 spiro atoms. The maximum atomic E-state index is 12.5. The van der Waals surface area contributed by atoms with Crippen molar-refractivity contribution in [1.29, 1.82) is 0 Å². The van der Waals surface area contributed by atoms with Crippen LogP contribution >= 0.6 is 34.5 Å². The number of thiazole rings is 1. The number of alkyl halides is 1. The van der Waals surface area contributed by atoms with Crippen LogP contribution in [0.15, 0.2) is 71.8 Å². The molecule has 2 aromatic carbocycles.